The van der Waals surface area contributed by atoms with Gasteiger partial charge in [-0.2, -0.15) is 0 Å². The number of carboxylic acids is 1. The van der Waals surface area contributed by atoms with Crippen molar-refractivity contribution < 1.29 is 42.7 Å². The Labute approximate surface area is 353 Å². The molecule has 0 aromatic rings. The molecule has 3 atom stereocenters. The smallest absolute Gasteiger partial charge is 0.472 e. The van der Waals surface area contributed by atoms with Gasteiger partial charge in [-0.25, -0.2) is 4.57 Å². The van der Waals surface area contributed by atoms with Gasteiger partial charge in [-0.05, 0) is 77.0 Å². The van der Waals surface area contributed by atoms with Crippen molar-refractivity contribution in [2.45, 2.75) is 199 Å². The number of carbonyl (C=O) groups excluding carboxylic acids is 1. The molecule has 0 aliphatic carbocycles. The zero-order chi connectivity index (χ0) is 42.6. The summed E-state index contributed by atoms with van der Waals surface area (Å²) in [6, 6.07) is -1.48. The normalized spacial score (nSPS) is 14.4. The number of hydrogen-bond donors (Lipinski definition) is 3. The van der Waals surface area contributed by atoms with Crippen LogP contribution < -0.4 is 5.73 Å². The third-order valence-corrected chi connectivity index (χ3v) is 10.5. The largest absolute Gasteiger partial charge is 0.480 e. The van der Waals surface area contributed by atoms with Gasteiger partial charge in [0.25, 0.3) is 0 Å². The van der Waals surface area contributed by atoms with Crippen LogP contribution in [0.25, 0.3) is 0 Å². The summed E-state index contributed by atoms with van der Waals surface area (Å²) >= 11 is 0. The van der Waals surface area contributed by atoms with Crippen molar-refractivity contribution in [3.8, 4) is 0 Å². The van der Waals surface area contributed by atoms with Crippen LogP contribution in [-0.4, -0.2) is 60.5 Å². The Kier molecular flexibility index (Phi) is 41.1. The van der Waals surface area contributed by atoms with Gasteiger partial charge in [0.15, 0.2) is 0 Å². The third kappa shape index (κ3) is 41.8. The summed E-state index contributed by atoms with van der Waals surface area (Å²) in [5.74, 6) is -1.80. The molecule has 0 saturated heterocycles. The van der Waals surface area contributed by atoms with Crippen LogP contribution in [0.3, 0.4) is 0 Å². The Balaban J connectivity index is 4.23. The molecule has 0 bridgehead atoms. The third-order valence-electron chi connectivity index (χ3n) is 9.52. The number of esters is 1. The summed E-state index contributed by atoms with van der Waals surface area (Å²) in [5.41, 5.74) is 5.36. The summed E-state index contributed by atoms with van der Waals surface area (Å²) in [5, 5.41) is 8.90. The lowest BCUT2D eigenvalue weighted by atomic mass is 10.1. The number of aliphatic carboxylic acids is 1. The molecule has 0 aliphatic heterocycles. The van der Waals surface area contributed by atoms with E-state index < -0.39 is 45.1 Å². The fourth-order valence-electron chi connectivity index (χ4n) is 5.92. The first-order valence-electron chi connectivity index (χ1n) is 22.8. The molecular weight excluding hydrogens is 753 g/mol. The van der Waals surface area contributed by atoms with Crippen LogP contribution >= 0.6 is 7.82 Å². The highest BCUT2D eigenvalue weighted by Gasteiger charge is 2.27. The van der Waals surface area contributed by atoms with Crippen LogP contribution in [0.2, 0.25) is 0 Å². The van der Waals surface area contributed by atoms with Crippen molar-refractivity contribution in [2.75, 3.05) is 26.4 Å². The number of phosphoric acid groups is 1. The van der Waals surface area contributed by atoms with Crippen molar-refractivity contribution >= 4 is 19.8 Å². The lowest BCUT2D eigenvalue weighted by Gasteiger charge is -2.20. The van der Waals surface area contributed by atoms with E-state index in [2.05, 4.69) is 74.6 Å². The summed E-state index contributed by atoms with van der Waals surface area (Å²) < 4.78 is 33.4. The van der Waals surface area contributed by atoms with Crippen LogP contribution in [-0.2, 0) is 32.7 Å². The topological polar surface area (TPSA) is 155 Å². The molecule has 11 heteroatoms. The van der Waals surface area contributed by atoms with E-state index in [1.165, 1.54) is 77.0 Å². The predicted molar refractivity (Wildman–Crippen MR) is 240 cm³/mol. The summed E-state index contributed by atoms with van der Waals surface area (Å²) in [6.07, 6.45) is 51.3. The number of hydrogen-bond acceptors (Lipinski definition) is 8. The summed E-state index contributed by atoms with van der Waals surface area (Å²) in [6.45, 7) is 3.78. The van der Waals surface area contributed by atoms with E-state index in [0.29, 0.717) is 13.0 Å². The highest BCUT2D eigenvalue weighted by Crippen LogP contribution is 2.43. The van der Waals surface area contributed by atoms with Gasteiger partial charge in [0.1, 0.15) is 12.1 Å². The highest BCUT2D eigenvalue weighted by atomic mass is 31.2. The summed E-state index contributed by atoms with van der Waals surface area (Å²) in [7, 11) is -4.63. The molecule has 0 saturated carbocycles. The fraction of sp³-hybridized carbons (Fsp3) is 0.745. The van der Waals surface area contributed by atoms with Gasteiger partial charge in [0.2, 0.25) is 0 Å². The second kappa shape index (κ2) is 42.8. The number of ether oxygens (including phenoxy) is 2. The molecule has 336 valence electrons. The molecule has 4 N–H and O–H groups in total. The Morgan fingerprint density at radius 2 is 0.966 bits per heavy atom. The van der Waals surface area contributed by atoms with Gasteiger partial charge in [0, 0.05) is 13.0 Å². The van der Waals surface area contributed by atoms with Gasteiger partial charge >= 0.3 is 19.8 Å². The number of phosphoric ester groups is 1. The molecule has 0 spiro atoms. The van der Waals surface area contributed by atoms with Crippen LogP contribution in [0, 0.1) is 0 Å². The molecule has 10 nitrogen and oxygen atoms in total. The second-order valence-electron chi connectivity index (χ2n) is 15.2. The number of unbranched alkanes of at least 4 members (excludes halogenated alkanes) is 19. The molecule has 0 aromatic carbocycles. The zero-order valence-corrected chi connectivity index (χ0v) is 37.5. The quantitative estimate of drug-likeness (QED) is 0.0234. The van der Waals surface area contributed by atoms with Gasteiger partial charge in [-0.1, -0.05) is 164 Å². The Bertz CT molecular complexity index is 1150. The van der Waals surface area contributed by atoms with Gasteiger partial charge in [-0.15, -0.1) is 0 Å². The Morgan fingerprint density at radius 1 is 0.552 bits per heavy atom. The standard InChI is InChI=1S/C47H84NO9P/c1-3-5-7-9-11-13-15-17-19-20-21-22-23-24-25-26-28-30-32-34-36-38-40-54-41-44(42-55-58(52,53)56-43-45(48)47(50)51)57-46(49)39-37-35-33-31-29-27-18-16-14-12-10-8-6-4-2/h10,12,15-18,20-21,23-24,44-45H,3-9,11,13-14,19,22,25-43,48H2,1-2H3,(H,50,51)(H,52,53)/b12-10-,17-15-,18-16-,21-20-,24-23-. The number of carbonyl (C=O) groups is 2. The lowest BCUT2D eigenvalue weighted by Crippen LogP contribution is -2.34. The van der Waals surface area contributed by atoms with Crippen molar-refractivity contribution in [1.82, 2.24) is 0 Å². The van der Waals surface area contributed by atoms with Gasteiger partial charge < -0.3 is 25.2 Å². The molecule has 58 heavy (non-hydrogen) atoms. The molecule has 3 unspecified atom stereocenters. The first kappa shape index (κ1) is 55.7. The Hall–Kier alpha value is -2.33. The van der Waals surface area contributed by atoms with E-state index >= 15 is 0 Å². The molecule has 0 radical (unpaired) electrons. The average Bonchev–Trinajstić information content (AvgIpc) is 3.20. The zero-order valence-electron chi connectivity index (χ0n) is 36.6. The van der Waals surface area contributed by atoms with E-state index in [9.17, 15) is 19.0 Å². The number of allylic oxidation sites excluding steroid dienone is 10. The van der Waals surface area contributed by atoms with Gasteiger partial charge in [0.05, 0.1) is 19.8 Å². The van der Waals surface area contributed by atoms with Crippen molar-refractivity contribution in [3.63, 3.8) is 0 Å². The highest BCUT2D eigenvalue weighted by molar-refractivity contribution is 7.47. The number of carboxylic acid groups (broad SMARTS) is 1. The van der Waals surface area contributed by atoms with E-state index in [0.717, 1.165) is 83.5 Å². The van der Waals surface area contributed by atoms with Crippen LogP contribution in [0.5, 0.6) is 0 Å². The second-order valence-corrected chi connectivity index (χ2v) is 16.6. The minimum Gasteiger partial charge on any atom is -0.480 e. The SMILES string of the molecule is CCCC/C=C\C/C=C\CCCCCCCC(=O)OC(COCCCCCCCCC/C=C\C/C=C\C/C=C\CCCCCCC)COP(=O)(O)OCC(N)C(=O)O. The molecule has 0 rings (SSSR count). The van der Waals surface area contributed by atoms with E-state index in [4.69, 9.17) is 29.4 Å². The number of rotatable bonds is 43. The molecule has 0 aliphatic rings. The minimum atomic E-state index is -4.63. The lowest BCUT2D eigenvalue weighted by molar-refractivity contribution is -0.154. The first-order valence-corrected chi connectivity index (χ1v) is 24.3. The van der Waals surface area contributed by atoms with Crippen LogP contribution in [0.1, 0.15) is 187 Å². The van der Waals surface area contributed by atoms with E-state index in [1.807, 2.05) is 0 Å². The maximum Gasteiger partial charge on any atom is 0.472 e. The van der Waals surface area contributed by atoms with Crippen molar-refractivity contribution in [1.29, 1.82) is 0 Å². The number of nitrogens with two attached hydrogens (primary N) is 1. The van der Waals surface area contributed by atoms with Crippen LogP contribution in [0.4, 0.5) is 0 Å². The van der Waals surface area contributed by atoms with Crippen LogP contribution in [0.15, 0.2) is 60.8 Å². The molecular formula is C47H84NO9P. The van der Waals surface area contributed by atoms with Crippen molar-refractivity contribution in [3.05, 3.63) is 60.8 Å². The van der Waals surface area contributed by atoms with Gasteiger partial charge in [-0.3, -0.25) is 18.6 Å². The predicted octanol–water partition coefficient (Wildman–Crippen LogP) is 12.8. The minimum absolute atomic E-state index is 0.00202. The van der Waals surface area contributed by atoms with E-state index in [-0.39, 0.29) is 13.0 Å². The molecule has 0 heterocycles. The maximum absolute atomic E-state index is 12.6. The molecule has 0 aromatic heterocycles. The monoisotopic (exact) mass is 838 g/mol. The summed E-state index contributed by atoms with van der Waals surface area (Å²) in [4.78, 5) is 33.5. The van der Waals surface area contributed by atoms with Crippen molar-refractivity contribution in [2.24, 2.45) is 5.73 Å². The maximum atomic E-state index is 12.6. The average molecular weight is 838 g/mol. The molecule has 0 fully saturated rings. The first-order chi connectivity index (χ1) is 28.2. The fourth-order valence-corrected chi connectivity index (χ4v) is 6.70. The van der Waals surface area contributed by atoms with E-state index in [1.54, 1.807) is 0 Å². The molecule has 0 amide bonds. The Morgan fingerprint density at radius 3 is 1.47 bits per heavy atom.